The predicted molar refractivity (Wildman–Crippen MR) is 56.4 cm³/mol. The molecule has 15 heavy (non-hydrogen) atoms. The van der Waals surface area contributed by atoms with E-state index in [0.29, 0.717) is 6.61 Å². The van der Waals surface area contributed by atoms with Crippen molar-refractivity contribution in [3.63, 3.8) is 0 Å². The van der Waals surface area contributed by atoms with Gasteiger partial charge in [-0.25, -0.2) is 0 Å². The zero-order chi connectivity index (χ0) is 11.7. The molecule has 0 aliphatic carbocycles. The molecule has 0 aromatic heterocycles. The average Bonchev–Trinajstić information content (AvgIpc) is 2.66. The lowest BCUT2D eigenvalue weighted by atomic mass is 10.4. The molecule has 2 atom stereocenters. The van der Waals surface area contributed by atoms with E-state index >= 15 is 0 Å². The second kappa shape index (κ2) is 8.64. The fourth-order valence-electron chi connectivity index (χ4n) is 0.921. The van der Waals surface area contributed by atoms with Crippen molar-refractivity contribution >= 4 is 5.91 Å². The van der Waals surface area contributed by atoms with E-state index in [2.05, 4.69) is 5.32 Å². The summed E-state index contributed by atoms with van der Waals surface area (Å²) in [7, 11) is 0. The highest BCUT2D eigenvalue weighted by molar-refractivity contribution is 5.77. The first-order valence-electron chi connectivity index (χ1n) is 5.23. The minimum Gasteiger partial charge on any atom is -0.394 e. The first kappa shape index (κ1) is 14.3. The summed E-state index contributed by atoms with van der Waals surface area (Å²) in [6, 6.07) is 0. The second-order valence-corrected chi connectivity index (χ2v) is 3.63. The molecule has 0 aromatic carbocycles. The molecule has 1 fully saturated rings. The predicted octanol–water partition coefficient (Wildman–Crippen LogP) is -0.339. The summed E-state index contributed by atoms with van der Waals surface area (Å²) in [6.07, 6.45) is 1.15. The number of aliphatic hydroxyl groups excluding tert-OH is 2. The maximum atomic E-state index is 10.1. The van der Waals surface area contributed by atoms with E-state index in [4.69, 9.17) is 14.9 Å². The van der Waals surface area contributed by atoms with Gasteiger partial charge in [-0.2, -0.15) is 0 Å². The van der Waals surface area contributed by atoms with Gasteiger partial charge in [0.2, 0.25) is 5.91 Å². The number of hydrogen-bond acceptors (Lipinski definition) is 4. The molecule has 0 spiro atoms. The number of hydrogen-bond donors (Lipinski definition) is 3. The Bertz CT molecular complexity index is 165. The molecule has 1 aliphatic rings. The monoisotopic (exact) mass is 219 g/mol. The molecule has 1 aliphatic heterocycles. The van der Waals surface area contributed by atoms with Crippen LogP contribution in [0.4, 0.5) is 0 Å². The fraction of sp³-hybridized carbons (Fsp3) is 0.900. The molecule has 1 amide bonds. The highest BCUT2D eigenvalue weighted by Crippen LogP contribution is 1.93. The van der Waals surface area contributed by atoms with Crippen LogP contribution in [0, 0.1) is 0 Å². The van der Waals surface area contributed by atoms with Crippen LogP contribution < -0.4 is 5.32 Å². The quantitative estimate of drug-likeness (QED) is 0.604. The molecule has 3 N–H and O–H groups in total. The standard InChI is InChI=1S/C6H14O3.C4H7NO/c1-5(8)4-9-6(2)3-7;6-4-2-1-3-5-4/h5-8H,3-4H2,1-2H3;1-3H2,(H,5,6). The van der Waals surface area contributed by atoms with Gasteiger partial charge in [0.05, 0.1) is 25.4 Å². The van der Waals surface area contributed by atoms with Gasteiger partial charge in [-0.15, -0.1) is 0 Å². The Kier molecular flexibility index (Phi) is 8.27. The normalized spacial score (nSPS) is 18.8. The second-order valence-electron chi connectivity index (χ2n) is 3.63. The van der Waals surface area contributed by atoms with E-state index < -0.39 is 6.10 Å². The average molecular weight is 219 g/mol. The third-order valence-electron chi connectivity index (χ3n) is 1.78. The largest absolute Gasteiger partial charge is 0.394 e. The van der Waals surface area contributed by atoms with Gasteiger partial charge in [-0.1, -0.05) is 0 Å². The van der Waals surface area contributed by atoms with E-state index in [1.54, 1.807) is 13.8 Å². The molecular formula is C10H21NO4. The summed E-state index contributed by atoms with van der Waals surface area (Å²) in [4.78, 5) is 10.1. The van der Waals surface area contributed by atoms with Crippen molar-refractivity contribution in [1.82, 2.24) is 5.32 Å². The number of carbonyl (C=O) groups is 1. The third-order valence-corrected chi connectivity index (χ3v) is 1.78. The summed E-state index contributed by atoms with van der Waals surface area (Å²) in [5, 5.41) is 19.8. The molecule has 5 nitrogen and oxygen atoms in total. The summed E-state index contributed by atoms with van der Waals surface area (Å²) in [6.45, 7) is 4.58. The maximum absolute atomic E-state index is 10.1. The van der Waals surface area contributed by atoms with E-state index in [1.807, 2.05) is 0 Å². The first-order valence-corrected chi connectivity index (χ1v) is 5.23. The molecule has 0 radical (unpaired) electrons. The Morgan fingerprint density at radius 1 is 1.53 bits per heavy atom. The van der Waals surface area contributed by atoms with Crippen molar-refractivity contribution in [3.8, 4) is 0 Å². The minimum absolute atomic E-state index is 0.00667. The molecular weight excluding hydrogens is 198 g/mol. The Hall–Kier alpha value is -0.650. The van der Waals surface area contributed by atoms with Crippen molar-refractivity contribution in [1.29, 1.82) is 0 Å². The maximum Gasteiger partial charge on any atom is 0.220 e. The van der Waals surface area contributed by atoms with Crippen LogP contribution in [0.25, 0.3) is 0 Å². The Labute approximate surface area is 90.4 Å². The van der Waals surface area contributed by atoms with Crippen molar-refractivity contribution in [3.05, 3.63) is 0 Å². The van der Waals surface area contributed by atoms with E-state index in [0.717, 1.165) is 19.4 Å². The Balaban J connectivity index is 0.000000280. The van der Waals surface area contributed by atoms with Gasteiger partial charge in [-0.3, -0.25) is 4.79 Å². The lowest BCUT2D eigenvalue weighted by molar-refractivity contribution is -0.119. The van der Waals surface area contributed by atoms with E-state index in [9.17, 15) is 4.79 Å². The molecule has 0 aromatic rings. The molecule has 0 saturated carbocycles. The number of amides is 1. The molecule has 2 unspecified atom stereocenters. The Morgan fingerprint density at radius 3 is 2.47 bits per heavy atom. The number of ether oxygens (including phenoxy) is 1. The van der Waals surface area contributed by atoms with Crippen LogP contribution in [0.15, 0.2) is 0 Å². The van der Waals surface area contributed by atoms with Crippen LogP contribution in [0.1, 0.15) is 26.7 Å². The van der Waals surface area contributed by atoms with Gasteiger partial charge >= 0.3 is 0 Å². The minimum atomic E-state index is -0.445. The van der Waals surface area contributed by atoms with Crippen LogP contribution in [0.5, 0.6) is 0 Å². The van der Waals surface area contributed by atoms with Gasteiger partial charge in [-0.05, 0) is 20.3 Å². The third kappa shape index (κ3) is 9.65. The SMILES string of the molecule is CC(O)COC(C)CO.O=C1CCCN1. The van der Waals surface area contributed by atoms with Crippen molar-refractivity contribution < 1.29 is 19.7 Å². The number of nitrogens with one attached hydrogen (secondary N) is 1. The summed E-state index contributed by atoms with van der Waals surface area (Å²) < 4.78 is 4.95. The molecule has 1 heterocycles. The zero-order valence-electron chi connectivity index (χ0n) is 9.40. The van der Waals surface area contributed by atoms with Gasteiger partial charge in [0.25, 0.3) is 0 Å². The molecule has 0 bridgehead atoms. The first-order chi connectivity index (χ1) is 7.06. The Morgan fingerprint density at radius 2 is 2.20 bits per heavy atom. The van der Waals surface area contributed by atoms with Gasteiger partial charge in [0.15, 0.2) is 0 Å². The smallest absolute Gasteiger partial charge is 0.220 e. The van der Waals surface area contributed by atoms with Crippen LogP contribution >= 0.6 is 0 Å². The summed E-state index contributed by atoms with van der Waals surface area (Å²) in [5.41, 5.74) is 0. The van der Waals surface area contributed by atoms with Crippen molar-refractivity contribution in [2.45, 2.75) is 38.9 Å². The highest BCUT2D eigenvalue weighted by atomic mass is 16.5. The highest BCUT2D eigenvalue weighted by Gasteiger charge is 2.05. The van der Waals surface area contributed by atoms with E-state index in [-0.39, 0.29) is 18.6 Å². The molecule has 90 valence electrons. The van der Waals surface area contributed by atoms with Crippen molar-refractivity contribution in [2.75, 3.05) is 19.8 Å². The van der Waals surface area contributed by atoms with Crippen LogP contribution in [0.2, 0.25) is 0 Å². The molecule has 1 rings (SSSR count). The van der Waals surface area contributed by atoms with Crippen LogP contribution in [-0.2, 0) is 9.53 Å². The molecule has 1 saturated heterocycles. The van der Waals surface area contributed by atoms with Crippen molar-refractivity contribution in [2.24, 2.45) is 0 Å². The number of aliphatic hydroxyl groups is 2. The topological polar surface area (TPSA) is 78.8 Å². The van der Waals surface area contributed by atoms with Crippen LogP contribution in [0.3, 0.4) is 0 Å². The van der Waals surface area contributed by atoms with Gasteiger partial charge < -0.3 is 20.3 Å². The van der Waals surface area contributed by atoms with Gasteiger partial charge in [0, 0.05) is 13.0 Å². The lowest BCUT2D eigenvalue weighted by Crippen LogP contribution is -2.19. The van der Waals surface area contributed by atoms with E-state index in [1.165, 1.54) is 0 Å². The fourth-order valence-corrected chi connectivity index (χ4v) is 0.921. The van der Waals surface area contributed by atoms with Gasteiger partial charge in [0.1, 0.15) is 0 Å². The van der Waals surface area contributed by atoms with Crippen LogP contribution in [-0.4, -0.2) is 48.1 Å². The number of rotatable bonds is 4. The lowest BCUT2D eigenvalue weighted by Gasteiger charge is -2.10. The summed E-state index contributed by atoms with van der Waals surface area (Å²) in [5.74, 6) is 0.204. The zero-order valence-corrected chi connectivity index (χ0v) is 9.40. The number of carbonyl (C=O) groups excluding carboxylic acids is 1. The summed E-state index contributed by atoms with van der Waals surface area (Å²) >= 11 is 0. The molecule has 5 heteroatoms.